The second-order valence-electron chi connectivity index (χ2n) is 11.8. The fourth-order valence-corrected chi connectivity index (χ4v) is 6.61. The van der Waals surface area contributed by atoms with Crippen LogP contribution in [0.25, 0.3) is 22.3 Å². The average Bonchev–Trinajstić information content (AvgIpc) is 3.95. The van der Waals surface area contributed by atoms with Crippen molar-refractivity contribution in [2.45, 2.75) is 54.7 Å². The Bertz CT molecular complexity index is 1910. The van der Waals surface area contributed by atoms with Gasteiger partial charge >= 0.3 is 0 Å². The number of nitrogens with two attached hydrogens (primary N) is 2. The van der Waals surface area contributed by atoms with Crippen LogP contribution in [0.4, 0.5) is 11.6 Å². The Balaban J connectivity index is 0.000000144. The fourth-order valence-electron chi connectivity index (χ4n) is 6.61. The molecule has 8 heterocycles. The van der Waals surface area contributed by atoms with Crippen molar-refractivity contribution in [2.75, 3.05) is 37.9 Å². The third-order valence-electron chi connectivity index (χ3n) is 9.11. The topological polar surface area (TPSA) is 246 Å². The molecule has 0 amide bonds. The Hall–Kier alpha value is -4.40. The van der Waals surface area contributed by atoms with E-state index in [1.54, 1.807) is 15.5 Å². The first-order valence-electron chi connectivity index (χ1n) is 14.9. The summed E-state index contributed by atoms with van der Waals surface area (Å²) in [6.07, 6.45) is 2.43. The monoisotopic (exact) mass is 648 g/mol. The Morgan fingerprint density at radius 2 is 1.32 bits per heavy atom. The van der Waals surface area contributed by atoms with E-state index in [9.17, 15) is 15.3 Å². The zero-order valence-electron chi connectivity index (χ0n) is 24.8. The van der Waals surface area contributed by atoms with Crippen LogP contribution in [0.2, 0.25) is 0 Å². The number of fused-ring (bicyclic) bond motifs is 6. The van der Waals surface area contributed by atoms with Gasteiger partial charge in [0.05, 0.1) is 45.7 Å². The number of nitrogens with zero attached hydrogens (tertiary/aromatic N) is 8. The number of hydrogen-bond acceptors (Lipinski definition) is 16. The maximum atomic E-state index is 10.2. The van der Waals surface area contributed by atoms with Gasteiger partial charge in [0.25, 0.3) is 0 Å². The van der Waals surface area contributed by atoms with E-state index in [1.807, 2.05) is 30.3 Å². The summed E-state index contributed by atoms with van der Waals surface area (Å²) < 4.78 is 33.0. The molecule has 4 aromatic heterocycles. The smallest absolute Gasteiger partial charge is 0.167 e. The highest BCUT2D eigenvalue weighted by molar-refractivity contribution is 5.81. The van der Waals surface area contributed by atoms with Gasteiger partial charge in [0.15, 0.2) is 35.4 Å². The summed E-state index contributed by atoms with van der Waals surface area (Å²) in [6.45, 7) is 0.320. The Morgan fingerprint density at radius 3 is 1.91 bits per heavy atom. The Kier molecular flexibility index (Phi) is 7.26. The number of imidazole rings is 2. The van der Waals surface area contributed by atoms with Gasteiger partial charge < -0.3 is 50.5 Å². The first kappa shape index (κ1) is 30.0. The minimum Gasteiger partial charge on any atom is -0.393 e. The van der Waals surface area contributed by atoms with E-state index in [0.717, 1.165) is 5.56 Å². The molecule has 1 aromatic carbocycles. The second-order valence-corrected chi connectivity index (χ2v) is 11.8. The van der Waals surface area contributed by atoms with E-state index in [0.29, 0.717) is 34.8 Å². The van der Waals surface area contributed by atoms with Crippen LogP contribution in [0.15, 0.2) is 55.6 Å². The number of ether oxygens (including phenoxy) is 5. The summed E-state index contributed by atoms with van der Waals surface area (Å²) in [5.74, 6) is 0.576. The van der Waals surface area contributed by atoms with Crippen LogP contribution in [0, 0.1) is 0 Å². The quantitative estimate of drug-likeness (QED) is 0.143. The molecule has 0 aliphatic carbocycles. The molecule has 4 aliphatic rings. The van der Waals surface area contributed by atoms with Crippen molar-refractivity contribution in [2.24, 2.45) is 0 Å². The summed E-state index contributed by atoms with van der Waals surface area (Å²) >= 11 is 0. The van der Waals surface area contributed by atoms with E-state index >= 15 is 0 Å². The van der Waals surface area contributed by atoms with E-state index in [1.165, 1.54) is 19.0 Å². The molecule has 2 unspecified atom stereocenters. The van der Waals surface area contributed by atoms with Crippen molar-refractivity contribution in [3.63, 3.8) is 0 Å². The number of rotatable bonds is 7. The molecular formula is C29H32N10O8. The van der Waals surface area contributed by atoms with Crippen LogP contribution < -0.4 is 11.5 Å². The predicted molar refractivity (Wildman–Crippen MR) is 160 cm³/mol. The predicted octanol–water partition coefficient (Wildman–Crippen LogP) is -0.919. The zero-order valence-corrected chi connectivity index (χ0v) is 24.8. The summed E-state index contributed by atoms with van der Waals surface area (Å²) in [5, 5.41) is 29.7. The van der Waals surface area contributed by atoms with Crippen molar-refractivity contribution in [3.05, 3.63) is 61.2 Å². The minimum atomic E-state index is -1.08. The lowest BCUT2D eigenvalue weighted by atomic mass is 10.00. The molecule has 4 fully saturated rings. The van der Waals surface area contributed by atoms with Crippen LogP contribution in [0.3, 0.4) is 0 Å². The van der Waals surface area contributed by atoms with Gasteiger partial charge in [-0.2, -0.15) is 0 Å². The fraction of sp³-hybridized carbons (Fsp3) is 0.448. The lowest BCUT2D eigenvalue weighted by molar-refractivity contribution is -0.187. The third kappa shape index (κ3) is 4.64. The molecule has 0 spiro atoms. The molecule has 18 heteroatoms. The van der Waals surface area contributed by atoms with Gasteiger partial charge in [0.2, 0.25) is 0 Å². The molecule has 4 bridgehead atoms. The Labute approximate surface area is 265 Å². The molecule has 9 rings (SSSR count). The summed E-state index contributed by atoms with van der Waals surface area (Å²) in [6, 6.07) is 9.86. The van der Waals surface area contributed by atoms with Crippen molar-refractivity contribution in [1.82, 2.24) is 39.0 Å². The Morgan fingerprint density at radius 1 is 0.766 bits per heavy atom. The molecule has 5 aromatic rings. The minimum absolute atomic E-state index is 0.162. The zero-order chi connectivity index (χ0) is 32.3. The van der Waals surface area contributed by atoms with Crippen LogP contribution in [0.5, 0.6) is 0 Å². The first-order valence-corrected chi connectivity index (χ1v) is 14.9. The highest BCUT2D eigenvalue weighted by atomic mass is 16.7. The average molecular weight is 649 g/mol. The SMILES string of the molecule is Nc1ncnc2c1ncn2[C@@H]1O[C@@]2(CO)CO[C@H]1C2O.Nc1ncnc2c1ncn2[C@@H]1O[C@@]2(CO)CO[C@H]1C2OCc1ccccc1. The highest BCUT2D eigenvalue weighted by Gasteiger charge is 2.63. The van der Waals surface area contributed by atoms with Gasteiger partial charge in [-0.05, 0) is 5.56 Å². The van der Waals surface area contributed by atoms with E-state index < -0.39 is 48.1 Å². The molecule has 18 nitrogen and oxygen atoms in total. The molecule has 7 N–H and O–H groups in total. The number of aliphatic hydroxyl groups excluding tert-OH is 3. The molecule has 47 heavy (non-hydrogen) atoms. The summed E-state index contributed by atoms with van der Waals surface area (Å²) in [4.78, 5) is 24.7. The number of benzene rings is 1. The summed E-state index contributed by atoms with van der Waals surface area (Å²) in [5.41, 5.74) is 12.7. The van der Waals surface area contributed by atoms with Crippen LogP contribution in [-0.4, -0.2) is 116 Å². The molecule has 4 aliphatic heterocycles. The maximum Gasteiger partial charge on any atom is 0.167 e. The normalized spacial score (nSPS) is 32.3. The lowest BCUT2D eigenvalue weighted by Crippen LogP contribution is -2.45. The van der Waals surface area contributed by atoms with E-state index in [4.69, 9.17) is 35.2 Å². The van der Waals surface area contributed by atoms with Gasteiger partial charge in [-0.3, -0.25) is 9.13 Å². The lowest BCUT2D eigenvalue weighted by Gasteiger charge is -2.29. The number of nitrogen functional groups attached to an aromatic ring is 2. The van der Waals surface area contributed by atoms with Crippen molar-refractivity contribution in [1.29, 1.82) is 0 Å². The molecular weight excluding hydrogens is 616 g/mol. The molecule has 4 saturated heterocycles. The molecule has 246 valence electrons. The standard InChI is InChI=1S/C18H19N5O4.C11H13N5O4/c19-15-12-16(21-9-20-15)23(10-22-12)17-13-14(18(7-24,27-17)8-26-13)25-6-11-4-2-1-3-5-11;12-8-5-9(14-3-13-8)16(4-15-5)10-6-7(18)11(1-17,20-10)2-19-6/h1-5,9-10,13-14,17,24H,6-8H2,(H2,19,20,21);3-4,6-7,10,17-18H,1-2H2,(H2,12,13,14)/t13-,14?,17+,18-;6-,7?,10+,11-/m00/s1. The van der Waals surface area contributed by atoms with Crippen LogP contribution in [0.1, 0.15) is 18.0 Å². The maximum absolute atomic E-state index is 10.2. The van der Waals surface area contributed by atoms with E-state index in [-0.39, 0.29) is 32.2 Å². The summed E-state index contributed by atoms with van der Waals surface area (Å²) in [7, 11) is 0. The van der Waals surface area contributed by atoms with Gasteiger partial charge in [0.1, 0.15) is 59.3 Å². The van der Waals surface area contributed by atoms with Gasteiger partial charge in [0, 0.05) is 0 Å². The number of aliphatic hydroxyl groups is 3. The van der Waals surface area contributed by atoms with Crippen LogP contribution >= 0.6 is 0 Å². The van der Waals surface area contributed by atoms with Gasteiger partial charge in [-0.25, -0.2) is 29.9 Å². The molecule has 8 atom stereocenters. The van der Waals surface area contributed by atoms with Crippen molar-refractivity contribution >= 4 is 34.0 Å². The van der Waals surface area contributed by atoms with Gasteiger partial charge in [-0.1, -0.05) is 30.3 Å². The van der Waals surface area contributed by atoms with Crippen molar-refractivity contribution in [3.8, 4) is 0 Å². The highest BCUT2D eigenvalue weighted by Crippen LogP contribution is 2.48. The molecule has 0 radical (unpaired) electrons. The van der Waals surface area contributed by atoms with Crippen LogP contribution in [-0.2, 0) is 30.3 Å². The van der Waals surface area contributed by atoms with E-state index in [2.05, 4.69) is 29.9 Å². The number of hydrogen-bond donors (Lipinski definition) is 5. The number of anilines is 2. The number of aromatic nitrogens is 8. The second kappa shape index (κ2) is 11.4. The van der Waals surface area contributed by atoms with Gasteiger partial charge in [-0.15, -0.1) is 0 Å². The third-order valence-corrected chi connectivity index (χ3v) is 9.11. The first-order chi connectivity index (χ1) is 22.9. The molecule has 0 saturated carbocycles. The van der Waals surface area contributed by atoms with Crippen molar-refractivity contribution < 1.29 is 39.0 Å². The largest absolute Gasteiger partial charge is 0.393 e.